The van der Waals surface area contributed by atoms with E-state index in [1.165, 1.54) is 19.2 Å². The fourth-order valence-corrected chi connectivity index (χ4v) is 4.18. The van der Waals surface area contributed by atoms with Crippen LogP contribution >= 0.6 is 0 Å². The number of allylic oxidation sites excluding steroid dienone is 3. The van der Waals surface area contributed by atoms with E-state index in [2.05, 4.69) is 5.32 Å². The van der Waals surface area contributed by atoms with Crippen LogP contribution in [0.2, 0.25) is 0 Å². The molecule has 0 aromatic heterocycles. The zero-order valence-electron chi connectivity index (χ0n) is 16.9. The maximum absolute atomic E-state index is 14.8. The number of esters is 2. The maximum atomic E-state index is 14.8. The highest BCUT2D eigenvalue weighted by molar-refractivity contribution is 6.12. The molecule has 0 spiro atoms. The molecule has 0 unspecified atom stereocenters. The van der Waals surface area contributed by atoms with Gasteiger partial charge in [0.2, 0.25) is 0 Å². The second-order valence-corrected chi connectivity index (χ2v) is 7.28. The summed E-state index contributed by atoms with van der Waals surface area (Å²) in [7, 11) is 1.23. The maximum Gasteiger partial charge on any atom is 0.336 e. The standard InChI is InChI=1S/C22H24FNO5/c1-5-29-22(27)17-12(3)24-15-10-11(2)16(21(26)28-4)20(25)19(15)18(17)13-8-6-7-9-14(13)23/h6-9,11,16,18,24H,5,10H2,1-4H3/t11-,16-,18-/m0/s1. The number of ether oxygens (including phenoxy) is 2. The van der Waals surface area contributed by atoms with Gasteiger partial charge in [-0.05, 0) is 32.3 Å². The predicted octanol–water partition coefficient (Wildman–Crippen LogP) is 3.00. The topological polar surface area (TPSA) is 81.7 Å². The van der Waals surface area contributed by atoms with Crippen LogP contribution in [-0.2, 0) is 23.9 Å². The largest absolute Gasteiger partial charge is 0.468 e. The molecule has 0 radical (unpaired) electrons. The van der Waals surface area contributed by atoms with Crippen molar-refractivity contribution < 1.29 is 28.2 Å². The minimum Gasteiger partial charge on any atom is -0.468 e. The summed E-state index contributed by atoms with van der Waals surface area (Å²) < 4.78 is 24.8. The van der Waals surface area contributed by atoms with Gasteiger partial charge in [0.1, 0.15) is 11.7 Å². The van der Waals surface area contributed by atoms with Gasteiger partial charge in [0.15, 0.2) is 5.78 Å². The number of halogens is 1. The van der Waals surface area contributed by atoms with Crippen molar-refractivity contribution in [3.63, 3.8) is 0 Å². The number of nitrogens with one attached hydrogen (secondary N) is 1. The smallest absolute Gasteiger partial charge is 0.336 e. The van der Waals surface area contributed by atoms with Crippen molar-refractivity contribution in [2.45, 2.75) is 33.1 Å². The van der Waals surface area contributed by atoms with E-state index in [-0.39, 0.29) is 29.2 Å². The Bertz CT molecular complexity index is 933. The summed E-state index contributed by atoms with van der Waals surface area (Å²) in [6.45, 7) is 5.31. The van der Waals surface area contributed by atoms with Crippen LogP contribution in [-0.4, -0.2) is 31.4 Å². The molecule has 1 aromatic rings. The molecule has 29 heavy (non-hydrogen) atoms. The van der Waals surface area contributed by atoms with Gasteiger partial charge in [-0.2, -0.15) is 0 Å². The van der Waals surface area contributed by atoms with Gasteiger partial charge in [-0.1, -0.05) is 25.1 Å². The number of benzene rings is 1. The van der Waals surface area contributed by atoms with Gasteiger partial charge in [-0.25, -0.2) is 9.18 Å². The second kappa shape index (κ2) is 8.19. The highest BCUT2D eigenvalue weighted by Gasteiger charge is 2.47. The number of hydrogen-bond acceptors (Lipinski definition) is 6. The molecular weight excluding hydrogens is 377 g/mol. The SMILES string of the molecule is CCOC(=O)C1=C(C)NC2=C(C(=O)[C@@H](C(=O)OC)[C@@H](C)C2)[C@H]1c1ccccc1F. The first-order valence-electron chi connectivity index (χ1n) is 9.56. The molecule has 0 saturated heterocycles. The van der Waals surface area contributed by atoms with Crippen LogP contribution in [0.5, 0.6) is 0 Å². The minimum atomic E-state index is -1.00. The lowest BCUT2D eigenvalue weighted by Gasteiger charge is -2.38. The molecule has 154 valence electrons. The van der Waals surface area contributed by atoms with Crippen molar-refractivity contribution >= 4 is 17.7 Å². The minimum absolute atomic E-state index is 0.140. The van der Waals surface area contributed by atoms with E-state index in [0.29, 0.717) is 17.8 Å². The Morgan fingerprint density at radius 2 is 1.97 bits per heavy atom. The van der Waals surface area contributed by atoms with Gasteiger partial charge in [0, 0.05) is 22.5 Å². The third kappa shape index (κ3) is 3.57. The molecule has 1 aliphatic heterocycles. The van der Waals surface area contributed by atoms with E-state index in [4.69, 9.17) is 9.47 Å². The van der Waals surface area contributed by atoms with Gasteiger partial charge < -0.3 is 14.8 Å². The molecule has 1 heterocycles. The lowest BCUT2D eigenvalue weighted by Crippen LogP contribution is -2.43. The molecule has 1 aromatic carbocycles. The van der Waals surface area contributed by atoms with Crippen molar-refractivity contribution in [2.75, 3.05) is 13.7 Å². The molecule has 0 saturated carbocycles. The first kappa shape index (κ1) is 20.8. The molecule has 6 nitrogen and oxygen atoms in total. The number of methoxy groups -OCH3 is 1. The molecular formula is C22H24FNO5. The third-order valence-corrected chi connectivity index (χ3v) is 5.45. The molecule has 0 fully saturated rings. The molecule has 3 atom stereocenters. The van der Waals surface area contributed by atoms with Gasteiger partial charge in [0.25, 0.3) is 0 Å². The number of carbonyl (C=O) groups is 3. The monoisotopic (exact) mass is 401 g/mol. The lowest BCUT2D eigenvalue weighted by molar-refractivity contribution is -0.151. The molecule has 2 aliphatic rings. The van der Waals surface area contributed by atoms with Crippen LogP contribution in [0.1, 0.15) is 38.7 Å². The third-order valence-electron chi connectivity index (χ3n) is 5.45. The van der Waals surface area contributed by atoms with Crippen molar-refractivity contribution in [1.82, 2.24) is 5.32 Å². The van der Waals surface area contributed by atoms with E-state index >= 15 is 0 Å². The van der Waals surface area contributed by atoms with Gasteiger partial charge >= 0.3 is 11.9 Å². The van der Waals surface area contributed by atoms with Crippen LogP contribution in [0.25, 0.3) is 0 Å². The summed E-state index contributed by atoms with van der Waals surface area (Å²) in [4.78, 5) is 38.4. The van der Waals surface area contributed by atoms with Gasteiger partial charge in [0.05, 0.1) is 25.2 Å². The quantitative estimate of drug-likeness (QED) is 0.617. The Hall–Kier alpha value is -2.96. The Balaban J connectivity index is 2.21. The van der Waals surface area contributed by atoms with E-state index in [0.717, 1.165) is 0 Å². The van der Waals surface area contributed by atoms with Crippen molar-refractivity contribution in [3.05, 3.63) is 58.2 Å². The summed E-state index contributed by atoms with van der Waals surface area (Å²) >= 11 is 0. The van der Waals surface area contributed by atoms with E-state index in [9.17, 15) is 18.8 Å². The number of Topliss-reactive ketones (excluding diaryl/α,β-unsaturated/α-hetero) is 1. The first-order chi connectivity index (χ1) is 13.8. The van der Waals surface area contributed by atoms with Crippen LogP contribution in [0.15, 0.2) is 46.8 Å². The van der Waals surface area contributed by atoms with Crippen LogP contribution in [0.4, 0.5) is 4.39 Å². The number of hydrogen-bond donors (Lipinski definition) is 1. The van der Waals surface area contributed by atoms with E-state index < -0.39 is 35.4 Å². The number of ketones is 1. The Morgan fingerprint density at radius 3 is 2.59 bits per heavy atom. The summed E-state index contributed by atoms with van der Waals surface area (Å²) in [5.74, 6) is -4.51. The average molecular weight is 401 g/mol. The molecule has 1 N–H and O–H groups in total. The molecule has 0 bridgehead atoms. The number of dihydropyridines is 1. The highest BCUT2D eigenvalue weighted by atomic mass is 19.1. The molecule has 3 rings (SSSR count). The van der Waals surface area contributed by atoms with E-state index in [1.54, 1.807) is 32.9 Å². The fraction of sp³-hybridized carbons (Fsp3) is 0.409. The molecule has 0 amide bonds. The zero-order chi connectivity index (χ0) is 21.3. The lowest BCUT2D eigenvalue weighted by atomic mass is 9.69. The van der Waals surface area contributed by atoms with Crippen LogP contribution < -0.4 is 5.32 Å². The number of rotatable bonds is 4. The summed E-state index contributed by atoms with van der Waals surface area (Å²) in [5.41, 5.74) is 1.68. The predicted molar refractivity (Wildman–Crippen MR) is 103 cm³/mol. The summed E-state index contributed by atoms with van der Waals surface area (Å²) in [6, 6.07) is 6.01. The number of carbonyl (C=O) groups excluding carboxylic acids is 3. The van der Waals surface area contributed by atoms with Crippen LogP contribution in [0, 0.1) is 17.7 Å². The Kier molecular flexibility index (Phi) is 5.86. The van der Waals surface area contributed by atoms with Crippen molar-refractivity contribution in [1.29, 1.82) is 0 Å². The van der Waals surface area contributed by atoms with Crippen LogP contribution in [0.3, 0.4) is 0 Å². The van der Waals surface area contributed by atoms with Gasteiger partial charge in [-0.3, -0.25) is 9.59 Å². The van der Waals surface area contributed by atoms with Crippen molar-refractivity contribution in [3.8, 4) is 0 Å². The van der Waals surface area contributed by atoms with E-state index in [1.807, 2.05) is 0 Å². The molecule has 1 aliphatic carbocycles. The highest BCUT2D eigenvalue weighted by Crippen LogP contribution is 2.45. The average Bonchev–Trinajstić information content (AvgIpc) is 2.67. The second-order valence-electron chi connectivity index (χ2n) is 7.28. The Labute approximate surface area is 168 Å². The Morgan fingerprint density at radius 1 is 1.28 bits per heavy atom. The molecule has 7 heteroatoms. The fourth-order valence-electron chi connectivity index (χ4n) is 4.18. The zero-order valence-corrected chi connectivity index (χ0v) is 16.9. The first-order valence-corrected chi connectivity index (χ1v) is 9.56. The summed E-state index contributed by atoms with van der Waals surface area (Å²) in [6.07, 6.45) is 0.402. The van der Waals surface area contributed by atoms with Gasteiger partial charge in [-0.15, -0.1) is 0 Å². The van der Waals surface area contributed by atoms with Crippen molar-refractivity contribution in [2.24, 2.45) is 11.8 Å². The normalized spacial score (nSPS) is 24.0. The summed E-state index contributed by atoms with van der Waals surface area (Å²) in [5, 5.41) is 3.13.